The highest BCUT2D eigenvalue weighted by atomic mass is 16.5. The Hall–Kier alpha value is -0.970. The predicted octanol–water partition coefficient (Wildman–Crippen LogP) is 1.01. The zero-order valence-corrected chi connectivity index (χ0v) is 10.1. The Bertz CT molecular complexity index is 304. The maximum Gasteiger partial charge on any atom is 0.0593 e. The molecule has 0 amide bonds. The van der Waals surface area contributed by atoms with E-state index in [9.17, 15) is 0 Å². The molecule has 0 unspecified atom stereocenters. The number of nitrogens with two attached hydrogens (primary N) is 1. The Kier molecular flexibility index (Phi) is 6.00. The average molecular weight is 223 g/mol. The first kappa shape index (κ1) is 13.1. The van der Waals surface area contributed by atoms with Gasteiger partial charge in [-0.1, -0.05) is 6.07 Å². The summed E-state index contributed by atoms with van der Waals surface area (Å²) in [5.74, 6) is 0. The molecule has 0 aliphatic rings. The molecule has 0 aliphatic carbocycles. The minimum absolute atomic E-state index is 0.496. The molecule has 2 N–H and O–H groups in total. The summed E-state index contributed by atoms with van der Waals surface area (Å²) in [6.07, 6.45) is 1.78. The smallest absolute Gasteiger partial charge is 0.0593 e. The summed E-state index contributed by atoms with van der Waals surface area (Å²) >= 11 is 0. The summed E-state index contributed by atoms with van der Waals surface area (Å²) in [4.78, 5) is 6.48. The van der Waals surface area contributed by atoms with Gasteiger partial charge in [0.25, 0.3) is 0 Å². The third kappa shape index (κ3) is 4.26. The molecule has 0 aliphatic heterocycles. The van der Waals surface area contributed by atoms with E-state index in [0.717, 1.165) is 32.0 Å². The van der Waals surface area contributed by atoms with Crippen LogP contribution in [0.5, 0.6) is 0 Å². The third-order valence-electron chi connectivity index (χ3n) is 2.44. The van der Waals surface area contributed by atoms with Gasteiger partial charge in [-0.3, -0.25) is 9.88 Å². The van der Waals surface area contributed by atoms with Crippen LogP contribution in [0.25, 0.3) is 0 Å². The summed E-state index contributed by atoms with van der Waals surface area (Å²) in [7, 11) is 2.08. The summed E-state index contributed by atoms with van der Waals surface area (Å²) in [6, 6.07) is 4.03. The Morgan fingerprint density at radius 3 is 3.00 bits per heavy atom. The van der Waals surface area contributed by atoms with Gasteiger partial charge in [0.05, 0.1) is 12.3 Å². The minimum atomic E-state index is 0.496. The second-order valence-electron chi connectivity index (χ2n) is 3.75. The van der Waals surface area contributed by atoms with E-state index in [-0.39, 0.29) is 0 Å². The van der Waals surface area contributed by atoms with Crippen molar-refractivity contribution in [3.8, 4) is 0 Å². The number of rotatable bonds is 7. The van der Waals surface area contributed by atoms with Gasteiger partial charge in [-0.15, -0.1) is 0 Å². The van der Waals surface area contributed by atoms with Crippen LogP contribution < -0.4 is 5.73 Å². The van der Waals surface area contributed by atoms with E-state index >= 15 is 0 Å². The van der Waals surface area contributed by atoms with Crippen LogP contribution in [0.4, 0.5) is 0 Å². The summed E-state index contributed by atoms with van der Waals surface area (Å²) in [6.45, 7) is 5.84. The lowest BCUT2D eigenvalue weighted by molar-refractivity contribution is 0.120. The number of aromatic nitrogens is 1. The minimum Gasteiger partial charge on any atom is -0.380 e. The van der Waals surface area contributed by atoms with Gasteiger partial charge in [-0.05, 0) is 25.6 Å². The molecule has 0 aromatic carbocycles. The van der Waals surface area contributed by atoms with Crippen molar-refractivity contribution in [2.24, 2.45) is 5.73 Å². The number of pyridine rings is 1. The lowest BCUT2D eigenvalue weighted by atomic mass is 10.2. The second-order valence-corrected chi connectivity index (χ2v) is 3.75. The van der Waals surface area contributed by atoms with Crippen molar-refractivity contribution in [2.45, 2.75) is 20.0 Å². The van der Waals surface area contributed by atoms with Crippen LogP contribution >= 0.6 is 0 Å². The van der Waals surface area contributed by atoms with Crippen molar-refractivity contribution >= 4 is 0 Å². The van der Waals surface area contributed by atoms with Crippen molar-refractivity contribution in [1.82, 2.24) is 9.88 Å². The zero-order valence-electron chi connectivity index (χ0n) is 10.1. The van der Waals surface area contributed by atoms with Crippen LogP contribution in [0.15, 0.2) is 18.3 Å². The van der Waals surface area contributed by atoms with Crippen molar-refractivity contribution in [3.63, 3.8) is 0 Å². The maximum atomic E-state index is 5.64. The lowest BCUT2D eigenvalue weighted by Gasteiger charge is -2.17. The van der Waals surface area contributed by atoms with E-state index in [0.29, 0.717) is 6.54 Å². The first-order valence-electron chi connectivity index (χ1n) is 5.67. The SMILES string of the molecule is CCOCCN(C)Cc1cccnc1CN. The van der Waals surface area contributed by atoms with Gasteiger partial charge in [-0.25, -0.2) is 0 Å². The fraction of sp³-hybridized carbons (Fsp3) is 0.583. The molecular formula is C12H21N3O. The first-order valence-corrected chi connectivity index (χ1v) is 5.67. The summed E-state index contributed by atoms with van der Waals surface area (Å²) < 4.78 is 5.32. The Morgan fingerprint density at radius 2 is 2.31 bits per heavy atom. The second kappa shape index (κ2) is 7.33. The number of hydrogen-bond acceptors (Lipinski definition) is 4. The standard InChI is InChI=1S/C12H21N3O/c1-3-16-8-7-15(2)10-11-5-4-6-14-12(11)9-13/h4-6H,3,7-10,13H2,1-2H3. The maximum absolute atomic E-state index is 5.64. The van der Waals surface area contributed by atoms with Crippen LogP contribution in [0.2, 0.25) is 0 Å². The van der Waals surface area contributed by atoms with E-state index in [2.05, 4.69) is 23.0 Å². The van der Waals surface area contributed by atoms with Gasteiger partial charge in [0.2, 0.25) is 0 Å². The van der Waals surface area contributed by atoms with Gasteiger partial charge in [-0.2, -0.15) is 0 Å². The molecule has 1 aromatic heterocycles. The number of likely N-dealkylation sites (N-methyl/N-ethyl adjacent to an activating group) is 1. The number of ether oxygens (including phenoxy) is 1. The van der Waals surface area contributed by atoms with Gasteiger partial charge in [0.1, 0.15) is 0 Å². The zero-order chi connectivity index (χ0) is 11.8. The Morgan fingerprint density at radius 1 is 1.50 bits per heavy atom. The molecular weight excluding hydrogens is 202 g/mol. The molecule has 4 heteroatoms. The molecule has 1 heterocycles. The van der Waals surface area contributed by atoms with E-state index in [1.54, 1.807) is 6.20 Å². The van der Waals surface area contributed by atoms with Crippen molar-refractivity contribution in [1.29, 1.82) is 0 Å². The monoisotopic (exact) mass is 223 g/mol. The predicted molar refractivity (Wildman–Crippen MR) is 65.0 cm³/mol. The highest BCUT2D eigenvalue weighted by molar-refractivity contribution is 5.19. The molecule has 0 spiro atoms. The van der Waals surface area contributed by atoms with Crippen molar-refractivity contribution in [3.05, 3.63) is 29.6 Å². The van der Waals surface area contributed by atoms with Crippen molar-refractivity contribution < 1.29 is 4.74 Å². The molecule has 1 rings (SSSR count). The molecule has 0 saturated carbocycles. The average Bonchev–Trinajstić information content (AvgIpc) is 2.30. The molecule has 1 aromatic rings. The highest BCUT2D eigenvalue weighted by Gasteiger charge is 2.04. The van der Waals surface area contributed by atoms with Crippen LogP contribution in [0, 0.1) is 0 Å². The van der Waals surface area contributed by atoms with Gasteiger partial charge in [0.15, 0.2) is 0 Å². The number of hydrogen-bond donors (Lipinski definition) is 1. The Balaban J connectivity index is 2.45. The van der Waals surface area contributed by atoms with Crippen LogP contribution in [-0.4, -0.2) is 36.7 Å². The molecule has 0 bridgehead atoms. The first-order chi connectivity index (χ1) is 7.77. The summed E-state index contributed by atoms with van der Waals surface area (Å²) in [5.41, 5.74) is 7.82. The Labute approximate surface area is 97.4 Å². The molecule has 4 nitrogen and oxygen atoms in total. The van der Waals surface area contributed by atoms with Crippen LogP contribution in [0.3, 0.4) is 0 Å². The highest BCUT2D eigenvalue weighted by Crippen LogP contribution is 2.07. The molecule has 16 heavy (non-hydrogen) atoms. The topological polar surface area (TPSA) is 51.4 Å². The van der Waals surface area contributed by atoms with Gasteiger partial charge < -0.3 is 10.5 Å². The van der Waals surface area contributed by atoms with Crippen LogP contribution in [0.1, 0.15) is 18.2 Å². The van der Waals surface area contributed by atoms with Crippen LogP contribution in [-0.2, 0) is 17.8 Å². The molecule has 0 saturated heterocycles. The third-order valence-corrected chi connectivity index (χ3v) is 2.44. The van der Waals surface area contributed by atoms with Gasteiger partial charge >= 0.3 is 0 Å². The number of nitrogens with zero attached hydrogens (tertiary/aromatic N) is 2. The van der Waals surface area contributed by atoms with E-state index < -0.39 is 0 Å². The normalized spacial score (nSPS) is 11.0. The molecule has 90 valence electrons. The van der Waals surface area contributed by atoms with E-state index in [1.807, 2.05) is 13.0 Å². The molecule has 0 radical (unpaired) electrons. The van der Waals surface area contributed by atoms with Crippen molar-refractivity contribution in [2.75, 3.05) is 26.8 Å². The van der Waals surface area contributed by atoms with E-state index in [4.69, 9.17) is 10.5 Å². The van der Waals surface area contributed by atoms with Gasteiger partial charge in [0, 0.05) is 32.4 Å². The fourth-order valence-corrected chi connectivity index (χ4v) is 1.53. The lowest BCUT2D eigenvalue weighted by Crippen LogP contribution is -2.24. The fourth-order valence-electron chi connectivity index (χ4n) is 1.53. The largest absolute Gasteiger partial charge is 0.380 e. The van der Waals surface area contributed by atoms with E-state index in [1.165, 1.54) is 5.56 Å². The summed E-state index contributed by atoms with van der Waals surface area (Å²) in [5, 5.41) is 0. The quantitative estimate of drug-likeness (QED) is 0.701. The molecule has 0 atom stereocenters. The molecule has 0 fully saturated rings.